The third kappa shape index (κ3) is 5.28. The van der Waals surface area contributed by atoms with Gasteiger partial charge in [0.2, 0.25) is 0 Å². The molecule has 0 atom stereocenters. The number of aryl methyl sites for hydroxylation is 3. The third-order valence-corrected chi connectivity index (χ3v) is 4.87. The number of amides is 1. The highest BCUT2D eigenvalue weighted by molar-refractivity contribution is 5.83. The molecule has 0 spiro atoms. The van der Waals surface area contributed by atoms with Crippen molar-refractivity contribution in [3.8, 4) is 17.4 Å². The van der Waals surface area contributed by atoms with Crippen LogP contribution in [0.2, 0.25) is 0 Å². The van der Waals surface area contributed by atoms with Gasteiger partial charge in [-0.05, 0) is 39.0 Å². The van der Waals surface area contributed by atoms with Crippen LogP contribution in [0.15, 0.2) is 28.7 Å². The molecule has 0 unspecified atom stereocenters. The predicted molar refractivity (Wildman–Crippen MR) is 113 cm³/mol. The fourth-order valence-corrected chi connectivity index (χ4v) is 3.37. The number of rotatable bonds is 6. The van der Waals surface area contributed by atoms with E-state index in [1.807, 2.05) is 32.9 Å². The first-order valence-electron chi connectivity index (χ1n) is 10.2. The van der Waals surface area contributed by atoms with Gasteiger partial charge in [-0.1, -0.05) is 0 Å². The lowest BCUT2D eigenvalue weighted by Crippen LogP contribution is -2.38. The summed E-state index contributed by atoms with van der Waals surface area (Å²) in [4.78, 5) is 23.5. The molecule has 1 aliphatic rings. The third-order valence-electron chi connectivity index (χ3n) is 4.87. The Bertz CT molecular complexity index is 1050. The number of anilines is 1. The Labute approximate surface area is 180 Å². The second-order valence-electron chi connectivity index (χ2n) is 7.40. The van der Waals surface area contributed by atoms with Crippen molar-refractivity contribution in [3.63, 3.8) is 0 Å². The molecule has 1 saturated heterocycles. The number of hydrogen-bond donors (Lipinski definition) is 1. The van der Waals surface area contributed by atoms with Gasteiger partial charge < -0.3 is 13.9 Å². The molecular weight excluding hydrogens is 400 g/mol. The van der Waals surface area contributed by atoms with Crippen molar-refractivity contribution in [1.82, 2.24) is 24.6 Å². The van der Waals surface area contributed by atoms with Crippen LogP contribution in [0.3, 0.4) is 0 Å². The van der Waals surface area contributed by atoms with Crippen molar-refractivity contribution >= 4 is 11.9 Å². The number of morpholine rings is 1. The van der Waals surface area contributed by atoms with Crippen molar-refractivity contribution in [2.45, 2.75) is 20.8 Å². The lowest BCUT2D eigenvalue weighted by Gasteiger charge is -2.26. The Balaban J connectivity index is 1.51. The summed E-state index contributed by atoms with van der Waals surface area (Å²) in [6, 6.07) is 7.23. The number of furan rings is 1. The summed E-state index contributed by atoms with van der Waals surface area (Å²) >= 11 is 0. The van der Waals surface area contributed by atoms with E-state index in [1.165, 1.54) is 0 Å². The van der Waals surface area contributed by atoms with Gasteiger partial charge in [-0.15, -0.1) is 0 Å². The molecular formula is C21H26N6O4. The average molecular weight is 426 g/mol. The van der Waals surface area contributed by atoms with Gasteiger partial charge in [-0.25, -0.2) is 19.4 Å². The molecule has 0 aliphatic carbocycles. The Hall–Kier alpha value is -3.24. The van der Waals surface area contributed by atoms with Crippen molar-refractivity contribution < 1.29 is 18.7 Å². The van der Waals surface area contributed by atoms with Crippen molar-refractivity contribution in [2.24, 2.45) is 0 Å². The van der Waals surface area contributed by atoms with E-state index in [1.54, 1.807) is 16.8 Å². The van der Waals surface area contributed by atoms with Gasteiger partial charge in [-0.2, -0.15) is 5.10 Å². The van der Waals surface area contributed by atoms with Gasteiger partial charge in [-0.3, -0.25) is 10.2 Å². The molecule has 10 nitrogen and oxygen atoms in total. The number of nitrogens with zero attached hydrogens (tertiary/aromatic N) is 5. The lowest BCUT2D eigenvalue weighted by molar-refractivity contribution is 0.0290. The molecule has 0 radical (unpaired) electrons. The van der Waals surface area contributed by atoms with Crippen LogP contribution in [0.1, 0.15) is 17.1 Å². The van der Waals surface area contributed by atoms with Gasteiger partial charge in [0.15, 0.2) is 17.4 Å². The Morgan fingerprint density at radius 2 is 1.97 bits per heavy atom. The standard InChI is InChI=1S/C21H26N6O4/c1-14-12-15(2)27(25-14)19-13-18(22-20(24-19)17-5-4-16(3)31-17)23-21(28)30-11-8-26-6-9-29-10-7-26/h4-5,12-13H,6-11H2,1-3H3,(H,22,23,24,28). The molecule has 0 saturated carbocycles. The summed E-state index contributed by atoms with van der Waals surface area (Å²) < 4.78 is 18.0. The SMILES string of the molecule is Cc1cc(C)n(-c2cc(NC(=O)OCCN3CCOCC3)nc(-c3ccc(C)o3)n2)n1. The molecule has 164 valence electrons. The first-order valence-corrected chi connectivity index (χ1v) is 10.2. The summed E-state index contributed by atoms with van der Waals surface area (Å²) in [5, 5.41) is 7.17. The van der Waals surface area contributed by atoms with Crippen LogP contribution in [0.25, 0.3) is 17.4 Å². The minimum Gasteiger partial charge on any atom is -0.458 e. The number of carbonyl (C=O) groups excluding carboxylic acids is 1. The average Bonchev–Trinajstić information content (AvgIpc) is 3.33. The summed E-state index contributed by atoms with van der Waals surface area (Å²) in [5.74, 6) is 2.42. The maximum atomic E-state index is 12.3. The topological polar surface area (TPSA) is 108 Å². The molecule has 0 bridgehead atoms. The lowest BCUT2D eigenvalue weighted by atomic mass is 10.4. The van der Waals surface area contributed by atoms with E-state index in [2.05, 4.69) is 25.3 Å². The maximum Gasteiger partial charge on any atom is 0.412 e. The van der Waals surface area contributed by atoms with Crippen molar-refractivity contribution in [3.05, 3.63) is 41.4 Å². The second kappa shape index (κ2) is 9.27. The van der Waals surface area contributed by atoms with Crippen LogP contribution in [-0.4, -0.2) is 70.2 Å². The largest absolute Gasteiger partial charge is 0.458 e. The number of nitrogens with one attached hydrogen (secondary N) is 1. The van der Waals surface area contributed by atoms with Crippen molar-refractivity contribution in [1.29, 1.82) is 0 Å². The minimum absolute atomic E-state index is 0.283. The van der Waals surface area contributed by atoms with Gasteiger partial charge in [0.25, 0.3) is 0 Å². The van der Waals surface area contributed by atoms with Gasteiger partial charge >= 0.3 is 6.09 Å². The maximum absolute atomic E-state index is 12.3. The molecule has 10 heteroatoms. The monoisotopic (exact) mass is 426 g/mol. The Kier molecular flexibility index (Phi) is 6.28. The van der Waals surface area contributed by atoms with Crippen LogP contribution < -0.4 is 5.32 Å². The normalized spacial score (nSPS) is 14.5. The van der Waals surface area contributed by atoms with E-state index < -0.39 is 6.09 Å². The summed E-state index contributed by atoms with van der Waals surface area (Å²) in [7, 11) is 0. The highest BCUT2D eigenvalue weighted by Crippen LogP contribution is 2.22. The molecule has 1 N–H and O–H groups in total. The predicted octanol–water partition coefficient (Wildman–Crippen LogP) is 2.73. The highest BCUT2D eigenvalue weighted by atomic mass is 16.5. The van der Waals surface area contributed by atoms with E-state index in [0.29, 0.717) is 43.0 Å². The molecule has 3 aromatic heterocycles. The first kappa shape index (κ1) is 21.0. The van der Waals surface area contributed by atoms with Crippen LogP contribution >= 0.6 is 0 Å². The highest BCUT2D eigenvalue weighted by Gasteiger charge is 2.16. The number of ether oxygens (including phenoxy) is 2. The molecule has 3 aromatic rings. The second-order valence-corrected chi connectivity index (χ2v) is 7.40. The number of aromatic nitrogens is 4. The molecule has 31 heavy (non-hydrogen) atoms. The zero-order chi connectivity index (χ0) is 21.8. The number of hydrogen-bond acceptors (Lipinski definition) is 8. The quantitative estimate of drug-likeness (QED) is 0.641. The van der Waals surface area contributed by atoms with E-state index in [9.17, 15) is 4.79 Å². The number of carbonyl (C=O) groups is 1. The smallest absolute Gasteiger partial charge is 0.412 e. The molecule has 4 rings (SSSR count). The molecule has 1 fully saturated rings. The fraction of sp³-hybridized carbons (Fsp3) is 0.429. The van der Waals surface area contributed by atoms with Crippen molar-refractivity contribution in [2.75, 3.05) is 44.8 Å². The first-order chi connectivity index (χ1) is 15.0. The van der Waals surface area contributed by atoms with Crippen LogP contribution in [0.5, 0.6) is 0 Å². The zero-order valence-corrected chi connectivity index (χ0v) is 17.9. The fourth-order valence-electron chi connectivity index (χ4n) is 3.37. The Morgan fingerprint density at radius 3 is 2.65 bits per heavy atom. The molecule has 1 amide bonds. The van der Waals surface area contributed by atoms with Gasteiger partial charge in [0.05, 0.1) is 18.9 Å². The molecule has 0 aromatic carbocycles. The zero-order valence-electron chi connectivity index (χ0n) is 17.9. The van der Waals surface area contributed by atoms with E-state index in [-0.39, 0.29) is 6.61 Å². The van der Waals surface area contributed by atoms with E-state index in [0.717, 1.165) is 30.2 Å². The van der Waals surface area contributed by atoms with Crippen LogP contribution in [0.4, 0.5) is 10.6 Å². The van der Waals surface area contributed by atoms with Gasteiger partial charge in [0, 0.05) is 31.4 Å². The van der Waals surface area contributed by atoms with E-state index in [4.69, 9.17) is 13.9 Å². The van der Waals surface area contributed by atoms with Gasteiger partial charge in [0.1, 0.15) is 18.2 Å². The minimum atomic E-state index is -0.576. The van der Waals surface area contributed by atoms with Crippen LogP contribution in [0, 0.1) is 20.8 Å². The molecule has 4 heterocycles. The Morgan fingerprint density at radius 1 is 1.16 bits per heavy atom. The van der Waals surface area contributed by atoms with E-state index >= 15 is 0 Å². The summed E-state index contributed by atoms with van der Waals surface area (Å²) in [5.41, 5.74) is 1.78. The summed E-state index contributed by atoms with van der Waals surface area (Å²) in [6.07, 6.45) is -0.576. The summed E-state index contributed by atoms with van der Waals surface area (Å²) in [6.45, 7) is 9.73. The molecule has 1 aliphatic heterocycles. The van der Waals surface area contributed by atoms with Crippen LogP contribution in [-0.2, 0) is 9.47 Å².